The predicted octanol–water partition coefficient (Wildman–Crippen LogP) is 2.75. The number of carbonyl (C=O) groups excluding carboxylic acids is 1. The van der Waals surface area contributed by atoms with E-state index in [0.717, 1.165) is 38.2 Å². The van der Waals surface area contributed by atoms with Gasteiger partial charge < -0.3 is 10.6 Å². The van der Waals surface area contributed by atoms with Crippen LogP contribution >= 0.6 is 24.8 Å². The quantitative estimate of drug-likeness (QED) is 0.767. The van der Waals surface area contributed by atoms with Gasteiger partial charge in [-0.05, 0) is 70.5 Å². The molecular weight excluding hydrogens is 371 g/mol. The molecule has 2 N–H and O–H groups in total. The number of likely N-dealkylation sites (tertiary alicyclic amines) is 1. The van der Waals surface area contributed by atoms with Crippen LogP contribution in [0.25, 0.3) is 0 Å². The van der Waals surface area contributed by atoms with E-state index in [9.17, 15) is 4.79 Å². The molecule has 2 aliphatic heterocycles. The van der Waals surface area contributed by atoms with Gasteiger partial charge in [0, 0.05) is 18.3 Å². The van der Waals surface area contributed by atoms with E-state index in [1.165, 1.54) is 31.5 Å². The first-order chi connectivity index (χ1) is 11.7. The van der Waals surface area contributed by atoms with E-state index in [1.54, 1.807) is 0 Å². The maximum Gasteiger partial charge on any atom is 0.238 e. The molecule has 0 atom stereocenters. The third kappa shape index (κ3) is 6.71. The zero-order valence-corrected chi connectivity index (χ0v) is 17.2. The Hall–Kier alpha value is -0.850. The summed E-state index contributed by atoms with van der Waals surface area (Å²) in [6, 6.07) is 8.72. The zero-order valence-electron chi connectivity index (χ0n) is 15.6. The fourth-order valence-electron chi connectivity index (χ4n) is 3.75. The third-order valence-corrected chi connectivity index (χ3v) is 5.21. The molecule has 2 fully saturated rings. The molecule has 0 bridgehead atoms. The van der Waals surface area contributed by atoms with Gasteiger partial charge in [0.2, 0.25) is 5.91 Å². The number of halogens is 2. The second-order valence-corrected chi connectivity index (χ2v) is 7.08. The standard InChI is InChI=1S/C19H30N4O.2ClH/c1-22(17-8-10-20-11-9-17)15-19(24)21-18-7-3-2-6-16(18)14-23-12-4-5-13-23;;/h2-3,6-7,17,20H,4-5,8-15H2,1H3,(H,21,24);2*1H. The maximum atomic E-state index is 12.5. The van der Waals surface area contributed by atoms with E-state index in [-0.39, 0.29) is 30.7 Å². The molecule has 1 aromatic carbocycles. The van der Waals surface area contributed by atoms with Crippen LogP contribution in [0, 0.1) is 0 Å². The minimum Gasteiger partial charge on any atom is -0.325 e. The Morgan fingerprint density at radius 2 is 1.85 bits per heavy atom. The van der Waals surface area contributed by atoms with Crippen LogP contribution in [0.15, 0.2) is 24.3 Å². The van der Waals surface area contributed by atoms with Gasteiger partial charge in [-0.1, -0.05) is 18.2 Å². The van der Waals surface area contributed by atoms with Crippen molar-refractivity contribution in [2.24, 2.45) is 0 Å². The average Bonchev–Trinajstić information content (AvgIpc) is 3.10. The van der Waals surface area contributed by atoms with E-state index in [0.29, 0.717) is 12.6 Å². The summed E-state index contributed by atoms with van der Waals surface area (Å²) < 4.78 is 0. The number of hydrogen-bond donors (Lipinski definition) is 2. The second-order valence-electron chi connectivity index (χ2n) is 7.08. The first-order valence-corrected chi connectivity index (χ1v) is 9.23. The Kier molecular flexibility index (Phi) is 10.5. The number of likely N-dealkylation sites (N-methyl/N-ethyl adjacent to an activating group) is 1. The van der Waals surface area contributed by atoms with Gasteiger partial charge in [0.1, 0.15) is 0 Å². The highest BCUT2D eigenvalue weighted by Crippen LogP contribution is 2.20. The Bertz CT molecular complexity index is 546. The highest BCUT2D eigenvalue weighted by atomic mass is 35.5. The van der Waals surface area contributed by atoms with Gasteiger partial charge >= 0.3 is 0 Å². The Labute approximate surface area is 169 Å². The lowest BCUT2D eigenvalue weighted by Gasteiger charge is -2.31. The summed E-state index contributed by atoms with van der Waals surface area (Å²) in [5.41, 5.74) is 2.19. The van der Waals surface area contributed by atoms with Crippen LogP contribution < -0.4 is 10.6 Å². The highest BCUT2D eigenvalue weighted by Gasteiger charge is 2.20. The van der Waals surface area contributed by atoms with Crippen LogP contribution in [-0.2, 0) is 11.3 Å². The summed E-state index contributed by atoms with van der Waals surface area (Å²) in [7, 11) is 2.06. The summed E-state index contributed by atoms with van der Waals surface area (Å²) in [5, 5.41) is 6.50. The SMILES string of the molecule is CN(CC(=O)Nc1ccccc1CN1CCCC1)C1CCNCC1.Cl.Cl. The van der Waals surface area contributed by atoms with Crippen molar-refractivity contribution in [1.82, 2.24) is 15.1 Å². The molecule has 148 valence electrons. The van der Waals surface area contributed by atoms with Crippen LogP contribution in [0.5, 0.6) is 0 Å². The average molecular weight is 403 g/mol. The van der Waals surface area contributed by atoms with Gasteiger partial charge in [0.25, 0.3) is 0 Å². The molecule has 0 radical (unpaired) electrons. The van der Waals surface area contributed by atoms with Crippen molar-refractivity contribution in [3.63, 3.8) is 0 Å². The van der Waals surface area contributed by atoms with Crippen molar-refractivity contribution in [1.29, 1.82) is 0 Å². The lowest BCUT2D eigenvalue weighted by atomic mass is 10.1. The Balaban J connectivity index is 0.00000169. The molecule has 1 aromatic rings. The molecule has 7 heteroatoms. The molecule has 0 saturated carbocycles. The van der Waals surface area contributed by atoms with Crippen molar-refractivity contribution < 1.29 is 4.79 Å². The molecular formula is C19H32Cl2N4O. The molecule has 0 aliphatic carbocycles. The molecule has 2 saturated heterocycles. The highest BCUT2D eigenvalue weighted by molar-refractivity contribution is 5.93. The molecule has 0 aromatic heterocycles. The maximum absolute atomic E-state index is 12.5. The molecule has 2 aliphatic rings. The van der Waals surface area contributed by atoms with Gasteiger partial charge in [-0.2, -0.15) is 0 Å². The number of benzene rings is 1. The second kappa shape index (κ2) is 11.8. The smallest absolute Gasteiger partial charge is 0.238 e. The lowest BCUT2D eigenvalue weighted by Crippen LogP contribution is -2.44. The molecule has 0 spiro atoms. The van der Waals surface area contributed by atoms with Crippen molar-refractivity contribution >= 4 is 36.4 Å². The van der Waals surface area contributed by atoms with Crippen molar-refractivity contribution in [2.45, 2.75) is 38.3 Å². The summed E-state index contributed by atoms with van der Waals surface area (Å²) in [4.78, 5) is 17.1. The van der Waals surface area contributed by atoms with Crippen molar-refractivity contribution in [3.05, 3.63) is 29.8 Å². The topological polar surface area (TPSA) is 47.6 Å². The van der Waals surface area contributed by atoms with Crippen LogP contribution in [0.2, 0.25) is 0 Å². The number of anilines is 1. The normalized spacial score (nSPS) is 18.2. The first kappa shape index (κ1) is 23.2. The molecule has 1 amide bonds. The van der Waals surface area contributed by atoms with E-state index in [1.807, 2.05) is 12.1 Å². The predicted molar refractivity (Wildman–Crippen MR) is 113 cm³/mol. The number of rotatable bonds is 6. The third-order valence-electron chi connectivity index (χ3n) is 5.21. The number of nitrogens with zero attached hydrogens (tertiary/aromatic N) is 2. The number of amides is 1. The first-order valence-electron chi connectivity index (χ1n) is 9.23. The zero-order chi connectivity index (χ0) is 16.8. The number of hydrogen-bond acceptors (Lipinski definition) is 4. The van der Waals surface area contributed by atoms with E-state index in [2.05, 4.69) is 39.6 Å². The summed E-state index contributed by atoms with van der Waals surface area (Å²) >= 11 is 0. The monoisotopic (exact) mass is 402 g/mol. The van der Waals surface area contributed by atoms with E-state index >= 15 is 0 Å². The minimum atomic E-state index is 0. The fraction of sp³-hybridized carbons (Fsp3) is 0.632. The van der Waals surface area contributed by atoms with Gasteiger partial charge in [-0.15, -0.1) is 24.8 Å². The van der Waals surface area contributed by atoms with Gasteiger partial charge in [-0.25, -0.2) is 0 Å². The van der Waals surface area contributed by atoms with Crippen molar-refractivity contribution in [3.8, 4) is 0 Å². The van der Waals surface area contributed by atoms with E-state index < -0.39 is 0 Å². The van der Waals surface area contributed by atoms with Gasteiger partial charge in [-0.3, -0.25) is 14.6 Å². The van der Waals surface area contributed by atoms with Crippen molar-refractivity contribution in [2.75, 3.05) is 45.1 Å². The number of para-hydroxylation sites is 1. The van der Waals surface area contributed by atoms with E-state index in [4.69, 9.17) is 0 Å². The summed E-state index contributed by atoms with van der Waals surface area (Å²) in [6.45, 7) is 5.83. The summed E-state index contributed by atoms with van der Waals surface area (Å²) in [5.74, 6) is 0.0879. The molecule has 3 rings (SSSR count). The van der Waals surface area contributed by atoms with Gasteiger partial charge in [0.05, 0.1) is 6.54 Å². The largest absolute Gasteiger partial charge is 0.325 e. The minimum absolute atomic E-state index is 0. The lowest BCUT2D eigenvalue weighted by molar-refractivity contribution is -0.117. The summed E-state index contributed by atoms with van der Waals surface area (Å²) in [6.07, 6.45) is 4.82. The molecule has 2 heterocycles. The van der Waals surface area contributed by atoms with Crippen LogP contribution in [0.3, 0.4) is 0 Å². The van der Waals surface area contributed by atoms with Gasteiger partial charge in [0.15, 0.2) is 0 Å². The molecule has 26 heavy (non-hydrogen) atoms. The Morgan fingerprint density at radius 1 is 1.19 bits per heavy atom. The number of carbonyl (C=O) groups is 1. The number of nitrogens with one attached hydrogen (secondary N) is 2. The van der Waals surface area contributed by atoms with Crippen LogP contribution in [0.4, 0.5) is 5.69 Å². The number of piperidine rings is 1. The van der Waals surface area contributed by atoms with Crippen LogP contribution in [0.1, 0.15) is 31.2 Å². The Morgan fingerprint density at radius 3 is 2.54 bits per heavy atom. The molecule has 5 nitrogen and oxygen atoms in total. The fourth-order valence-corrected chi connectivity index (χ4v) is 3.75. The molecule has 0 unspecified atom stereocenters. The van der Waals surface area contributed by atoms with Crippen LogP contribution in [-0.4, -0.2) is 61.5 Å².